The minimum Gasteiger partial charge on any atom is -0.328 e. The molecule has 0 heterocycles. The van der Waals surface area contributed by atoms with Crippen molar-refractivity contribution in [3.63, 3.8) is 0 Å². The van der Waals surface area contributed by atoms with Gasteiger partial charge < -0.3 is 14.2 Å². The first-order valence-electron chi connectivity index (χ1n) is 12.4. The number of hydrogen-bond donors (Lipinski definition) is 0. The minimum absolute atomic E-state index is 0.0272. The van der Waals surface area contributed by atoms with Gasteiger partial charge in [-0.05, 0) is 58.1 Å². The lowest BCUT2D eigenvalue weighted by atomic mass is 9.91. The second-order valence-corrected chi connectivity index (χ2v) is 8.25. The fourth-order valence-electron chi connectivity index (χ4n) is 4.21. The molecular formula is C26H43F3O3. The summed E-state index contributed by atoms with van der Waals surface area (Å²) in [6.07, 6.45) is 5.87. The van der Waals surface area contributed by atoms with E-state index in [1.807, 2.05) is 20.8 Å². The summed E-state index contributed by atoms with van der Waals surface area (Å²) in [7, 11) is 0. The van der Waals surface area contributed by atoms with Gasteiger partial charge in [0.05, 0.1) is 5.56 Å². The molecule has 0 saturated heterocycles. The maximum atomic E-state index is 13.0. The molecule has 0 amide bonds. The first-order chi connectivity index (χ1) is 15.3. The Balaban J connectivity index is 2.84. The summed E-state index contributed by atoms with van der Waals surface area (Å²) in [5.74, 6) is -1.06. The van der Waals surface area contributed by atoms with Crippen LogP contribution in [0.5, 0.6) is 0 Å². The lowest BCUT2D eigenvalue weighted by Crippen LogP contribution is -2.46. The fraction of sp³-hybridized carbons (Fsp3) is 0.769. The average Bonchev–Trinajstić information content (AvgIpc) is 2.75. The van der Waals surface area contributed by atoms with Crippen molar-refractivity contribution in [3.8, 4) is 0 Å². The maximum Gasteiger partial charge on any atom is 0.416 e. The van der Waals surface area contributed by atoms with Crippen LogP contribution in [0, 0.1) is 5.92 Å². The van der Waals surface area contributed by atoms with Gasteiger partial charge in [0.1, 0.15) is 0 Å². The molecule has 186 valence electrons. The second-order valence-electron chi connectivity index (χ2n) is 8.25. The Morgan fingerprint density at radius 2 is 1.31 bits per heavy atom. The highest BCUT2D eigenvalue weighted by molar-refractivity contribution is 5.25. The maximum absolute atomic E-state index is 13.0. The van der Waals surface area contributed by atoms with Gasteiger partial charge >= 0.3 is 6.18 Å². The molecule has 0 spiro atoms. The molecule has 0 radical (unpaired) electrons. The van der Waals surface area contributed by atoms with Crippen molar-refractivity contribution in [1.29, 1.82) is 0 Å². The van der Waals surface area contributed by atoms with Gasteiger partial charge in [0, 0.05) is 25.7 Å². The molecule has 1 aromatic rings. The van der Waals surface area contributed by atoms with Crippen molar-refractivity contribution < 1.29 is 27.4 Å². The van der Waals surface area contributed by atoms with Gasteiger partial charge in [0.15, 0.2) is 0 Å². The van der Waals surface area contributed by atoms with Crippen LogP contribution in [0.2, 0.25) is 0 Å². The summed E-state index contributed by atoms with van der Waals surface area (Å²) in [5, 5.41) is 0. The molecule has 0 fully saturated rings. The Morgan fingerprint density at radius 3 is 1.88 bits per heavy atom. The highest BCUT2D eigenvalue weighted by Gasteiger charge is 2.41. The summed E-state index contributed by atoms with van der Waals surface area (Å²) < 4.78 is 57.2. The van der Waals surface area contributed by atoms with Gasteiger partial charge in [0.2, 0.25) is 0 Å². The quantitative estimate of drug-likeness (QED) is 0.163. The topological polar surface area (TPSA) is 27.7 Å². The van der Waals surface area contributed by atoms with Crippen LogP contribution >= 0.6 is 0 Å². The number of hydrogen-bond acceptors (Lipinski definition) is 3. The van der Waals surface area contributed by atoms with Crippen LogP contribution in [0.3, 0.4) is 0 Å². The molecule has 3 nitrogen and oxygen atoms in total. The Labute approximate surface area is 193 Å². The Kier molecular flexibility index (Phi) is 14.2. The normalized spacial score (nSPS) is 13.5. The van der Waals surface area contributed by atoms with Gasteiger partial charge in [-0.25, -0.2) is 0 Å². The Morgan fingerprint density at radius 1 is 0.750 bits per heavy atom. The standard InChI is InChI=1S/C26H43F3O3/c1-5-9-10-11-12-13-18-23(26(30-6-2,31-7-3)32-8-4)19-14-16-22-17-15-20-24(21-22)25(27,28)29/h15,17,20-21,23H,5-14,16,18-19H2,1-4H3. The number of rotatable bonds is 18. The monoisotopic (exact) mass is 460 g/mol. The molecular weight excluding hydrogens is 417 g/mol. The number of alkyl halides is 3. The van der Waals surface area contributed by atoms with Crippen molar-refractivity contribution in [2.24, 2.45) is 5.92 Å². The third-order valence-electron chi connectivity index (χ3n) is 5.72. The van der Waals surface area contributed by atoms with Crippen molar-refractivity contribution in [2.45, 2.75) is 104 Å². The van der Waals surface area contributed by atoms with Crippen molar-refractivity contribution in [1.82, 2.24) is 0 Å². The van der Waals surface area contributed by atoms with Crippen LogP contribution in [0.25, 0.3) is 0 Å². The number of aryl methyl sites for hydroxylation is 1. The third kappa shape index (κ3) is 10.2. The molecule has 0 saturated carbocycles. The van der Waals surface area contributed by atoms with Crippen LogP contribution in [0.15, 0.2) is 24.3 Å². The van der Waals surface area contributed by atoms with Crippen molar-refractivity contribution in [2.75, 3.05) is 19.8 Å². The molecule has 0 bridgehead atoms. The predicted molar refractivity (Wildman–Crippen MR) is 123 cm³/mol. The zero-order valence-corrected chi connectivity index (χ0v) is 20.4. The van der Waals surface area contributed by atoms with Gasteiger partial charge in [-0.2, -0.15) is 13.2 Å². The van der Waals surface area contributed by atoms with E-state index < -0.39 is 17.7 Å². The SMILES string of the molecule is CCCCCCCCC(CCCc1cccc(C(F)(F)F)c1)C(OCC)(OCC)OCC. The smallest absolute Gasteiger partial charge is 0.328 e. The van der Waals surface area contributed by atoms with E-state index in [1.54, 1.807) is 6.07 Å². The summed E-state index contributed by atoms with van der Waals surface area (Å²) in [4.78, 5) is 0. The molecule has 32 heavy (non-hydrogen) atoms. The zero-order valence-electron chi connectivity index (χ0n) is 20.4. The summed E-state index contributed by atoms with van der Waals surface area (Å²) in [6, 6.07) is 5.62. The van der Waals surface area contributed by atoms with E-state index in [-0.39, 0.29) is 5.92 Å². The lowest BCUT2D eigenvalue weighted by Gasteiger charge is -2.39. The molecule has 1 atom stereocenters. The summed E-state index contributed by atoms with van der Waals surface area (Å²) in [6.45, 7) is 9.41. The van der Waals surface area contributed by atoms with E-state index in [0.717, 1.165) is 38.2 Å². The van der Waals surface area contributed by atoms with E-state index >= 15 is 0 Å². The summed E-state index contributed by atoms with van der Waals surface area (Å²) in [5.41, 5.74) is 0.110. The zero-order chi connectivity index (χ0) is 23.9. The van der Waals surface area contributed by atoms with E-state index in [9.17, 15) is 13.2 Å². The molecule has 1 unspecified atom stereocenters. The van der Waals surface area contributed by atoms with E-state index in [0.29, 0.717) is 31.8 Å². The Bertz CT molecular complexity index is 587. The van der Waals surface area contributed by atoms with Crippen LogP contribution in [0.4, 0.5) is 13.2 Å². The molecule has 0 aliphatic heterocycles. The van der Waals surface area contributed by atoms with Gasteiger partial charge in [-0.15, -0.1) is 0 Å². The molecule has 0 aliphatic rings. The molecule has 1 rings (SSSR count). The highest BCUT2D eigenvalue weighted by atomic mass is 19.4. The van der Waals surface area contributed by atoms with E-state index in [1.165, 1.54) is 37.8 Å². The molecule has 6 heteroatoms. The first kappa shape index (κ1) is 28.9. The van der Waals surface area contributed by atoms with Crippen LogP contribution in [-0.4, -0.2) is 25.8 Å². The predicted octanol–water partition coefficient (Wildman–Crippen LogP) is 8.16. The number of ether oxygens (including phenoxy) is 3. The number of unbranched alkanes of at least 4 members (excludes halogenated alkanes) is 5. The molecule has 1 aromatic carbocycles. The van der Waals surface area contributed by atoms with E-state index in [4.69, 9.17) is 14.2 Å². The van der Waals surface area contributed by atoms with Crippen LogP contribution < -0.4 is 0 Å². The molecule has 0 aromatic heterocycles. The summed E-state index contributed by atoms with van der Waals surface area (Å²) >= 11 is 0. The van der Waals surface area contributed by atoms with Crippen molar-refractivity contribution in [3.05, 3.63) is 35.4 Å². The lowest BCUT2D eigenvalue weighted by molar-refractivity contribution is -0.403. The molecule has 0 aliphatic carbocycles. The van der Waals surface area contributed by atoms with Crippen LogP contribution in [0.1, 0.15) is 96.6 Å². The molecule has 0 N–H and O–H groups in total. The third-order valence-corrected chi connectivity index (χ3v) is 5.72. The minimum atomic E-state index is -4.32. The largest absolute Gasteiger partial charge is 0.416 e. The number of halogens is 3. The second kappa shape index (κ2) is 15.7. The van der Waals surface area contributed by atoms with Gasteiger partial charge in [-0.1, -0.05) is 63.6 Å². The fourth-order valence-corrected chi connectivity index (χ4v) is 4.21. The van der Waals surface area contributed by atoms with Crippen LogP contribution in [-0.2, 0) is 26.8 Å². The Hall–Kier alpha value is -1.11. The van der Waals surface area contributed by atoms with E-state index in [2.05, 4.69) is 6.92 Å². The van der Waals surface area contributed by atoms with Crippen molar-refractivity contribution >= 4 is 0 Å². The average molecular weight is 461 g/mol. The number of benzene rings is 1. The van der Waals surface area contributed by atoms with Gasteiger partial charge in [0.25, 0.3) is 5.97 Å². The first-order valence-corrected chi connectivity index (χ1v) is 12.4. The van der Waals surface area contributed by atoms with Gasteiger partial charge in [-0.3, -0.25) is 0 Å². The highest BCUT2D eigenvalue weighted by Crippen LogP contribution is 2.35.